The van der Waals surface area contributed by atoms with Crippen molar-refractivity contribution in [2.24, 2.45) is 0 Å². The van der Waals surface area contributed by atoms with Crippen LogP contribution in [0.5, 0.6) is 0 Å². The van der Waals surface area contributed by atoms with Gasteiger partial charge in [0.1, 0.15) is 0 Å². The van der Waals surface area contributed by atoms with Gasteiger partial charge >= 0.3 is 5.72 Å². The van der Waals surface area contributed by atoms with Gasteiger partial charge in [0.15, 0.2) is 6.10 Å². The molecule has 0 N–H and O–H groups in total. The number of fused-ring (bicyclic) bond motifs is 1. The van der Waals surface area contributed by atoms with Crippen molar-refractivity contribution in [2.45, 2.75) is 37.5 Å². The summed E-state index contributed by atoms with van der Waals surface area (Å²) < 4.78 is 5.03. The summed E-state index contributed by atoms with van der Waals surface area (Å²) in [5.74, 6) is 0. The summed E-state index contributed by atoms with van der Waals surface area (Å²) in [6.07, 6.45) is 3.46. The Morgan fingerprint density at radius 1 is 1.60 bits per heavy atom. The van der Waals surface area contributed by atoms with Crippen LogP contribution in [0, 0.1) is 10.1 Å². The van der Waals surface area contributed by atoms with Gasteiger partial charge in [0.2, 0.25) is 0 Å². The molecule has 1 aliphatic carbocycles. The first-order valence-corrected chi connectivity index (χ1v) is 3.58. The van der Waals surface area contributed by atoms with Gasteiger partial charge in [-0.3, -0.25) is 14.9 Å². The van der Waals surface area contributed by atoms with Crippen LogP contribution in [0.1, 0.15) is 25.7 Å². The smallest absolute Gasteiger partial charge is 0.299 e. The van der Waals surface area contributed by atoms with Crippen LogP contribution in [0.2, 0.25) is 0 Å². The van der Waals surface area contributed by atoms with Crippen LogP contribution in [0.3, 0.4) is 0 Å². The molecule has 10 heavy (non-hydrogen) atoms. The summed E-state index contributed by atoms with van der Waals surface area (Å²) in [6.45, 7) is 0. The Morgan fingerprint density at radius 2 is 2.40 bits per heavy atom. The zero-order chi connectivity index (χ0) is 7.19. The molecule has 2 fully saturated rings. The molecule has 0 aromatic rings. The monoisotopic (exact) mass is 143 g/mol. The lowest BCUT2D eigenvalue weighted by molar-refractivity contribution is -0.565. The fourth-order valence-electron chi connectivity index (χ4n) is 1.68. The number of epoxide rings is 1. The van der Waals surface area contributed by atoms with Crippen LogP contribution in [0.15, 0.2) is 0 Å². The van der Waals surface area contributed by atoms with E-state index < -0.39 is 5.72 Å². The lowest BCUT2D eigenvalue weighted by Gasteiger charge is -2.08. The minimum Gasteiger partial charge on any atom is -0.299 e. The van der Waals surface area contributed by atoms with Crippen LogP contribution < -0.4 is 0 Å². The van der Waals surface area contributed by atoms with E-state index in [2.05, 4.69) is 0 Å². The van der Waals surface area contributed by atoms with Crippen molar-refractivity contribution in [1.29, 1.82) is 0 Å². The fraction of sp³-hybridized carbons (Fsp3) is 1.00. The second-order valence-corrected chi connectivity index (χ2v) is 2.95. The molecule has 0 bridgehead atoms. The molecule has 4 nitrogen and oxygen atoms in total. The van der Waals surface area contributed by atoms with E-state index in [0.717, 1.165) is 19.3 Å². The highest BCUT2D eigenvalue weighted by molar-refractivity contribution is 4.96. The van der Waals surface area contributed by atoms with Crippen molar-refractivity contribution >= 4 is 0 Å². The number of nitro groups is 1. The first-order chi connectivity index (χ1) is 4.76. The molecule has 1 saturated carbocycles. The predicted octanol–water partition coefficient (Wildman–Crippen LogP) is 0.932. The minimum absolute atomic E-state index is 0.0590. The Hall–Kier alpha value is -0.640. The number of hydrogen-bond acceptors (Lipinski definition) is 3. The molecule has 0 aromatic carbocycles. The van der Waals surface area contributed by atoms with Crippen molar-refractivity contribution in [2.75, 3.05) is 0 Å². The van der Waals surface area contributed by atoms with Gasteiger partial charge in [-0.15, -0.1) is 0 Å². The number of ether oxygens (including phenoxy) is 1. The van der Waals surface area contributed by atoms with Gasteiger partial charge in [0, 0.05) is 6.42 Å². The van der Waals surface area contributed by atoms with E-state index in [1.807, 2.05) is 0 Å². The topological polar surface area (TPSA) is 55.7 Å². The predicted molar refractivity (Wildman–Crippen MR) is 33.1 cm³/mol. The molecule has 0 radical (unpaired) electrons. The van der Waals surface area contributed by atoms with E-state index in [1.54, 1.807) is 0 Å². The van der Waals surface area contributed by atoms with Gasteiger partial charge in [-0.2, -0.15) is 0 Å². The van der Waals surface area contributed by atoms with E-state index in [1.165, 1.54) is 0 Å². The molecule has 0 aromatic heterocycles. The zero-order valence-corrected chi connectivity index (χ0v) is 5.58. The number of nitrogens with zero attached hydrogens (tertiary/aromatic N) is 1. The third-order valence-electron chi connectivity index (χ3n) is 2.35. The average molecular weight is 143 g/mol. The van der Waals surface area contributed by atoms with E-state index in [0.29, 0.717) is 6.42 Å². The first-order valence-electron chi connectivity index (χ1n) is 3.58. The van der Waals surface area contributed by atoms with Crippen molar-refractivity contribution < 1.29 is 9.66 Å². The number of hydrogen-bond donors (Lipinski definition) is 0. The van der Waals surface area contributed by atoms with Crippen LogP contribution >= 0.6 is 0 Å². The SMILES string of the molecule is O=[N+]([O-])C12CCCCC1O2. The van der Waals surface area contributed by atoms with Crippen molar-refractivity contribution in [1.82, 2.24) is 0 Å². The van der Waals surface area contributed by atoms with Gasteiger partial charge in [0.05, 0.1) is 4.92 Å². The Bertz CT molecular complexity index is 182. The molecular weight excluding hydrogens is 134 g/mol. The van der Waals surface area contributed by atoms with Crippen LogP contribution in [0.4, 0.5) is 0 Å². The Morgan fingerprint density at radius 3 is 2.90 bits per heavy atom. The highest BCUT2D eigenvalue weighted by Gasteiger charge is 2.69. The number of rotatable bonds is 1. The van der Waals surface area contributed by atoms with Crippen LogP contribution in [-0.2, 0) is 4.74 Å². The summed E-state index contributed by atoms with van der Waals surface area (Å²) in [7, 11) is 0. The Labute approximate surface area is 58.3 Å². The summed E-state index contributed by atoms with van der Waals surface area (Å²) in [5, 5.41) is 10.4. The van der Waals surface area contributed by atoms with Crippen LogP contribution in [-0.4, -0.2) is 16.8 Å². The molecular formula is C6H9NO3. The highest BCUT2D eigenvalue weighted by Crippen LogP contribution is 2.47. The zero-order valence-electron chi connectivity index (χ0n) is 5.58. The lowest BCUT2D eigenvalue weighted by Crippen LogP contribution is -2.28. The summed E-state index contributed by atoms with van der Waals surface area (Å²) in [6, 6.07) is 0. The van der Waals surface area contributed by atoms with Crippen molar-refractivity contribution in [3.05, 3.63) is 10.1 Å². The second-order valence-electron chi connectivity index (χ2n) is 2.95. The highest BCUT2D eigenvalue weighted by atomic mass is 16.7. The molecule has 1 saturated heterocycles. The molecule has 1 aliphatic heterocycles. The standard InChI is InChI=1S/C6H9NO3/c8-7(9)6-4-2-1-3-5(6)10-6/h5H,1-4H2. The Kier molecular flexibility index (Phi) is 1.03. The molecule has 4 heteroatoms. The van der Waals surface area contributed by atoms with Gasteiger partial charge in [-0.1, -0.05) is 6.42 Å². The third-order valence-corrected chi connectivity index (χ3v) is 2.35. The van der Waals surface area contributed by atoms with Gasteiger partial charge < -0.3 is 0 Å². The van der Waals surface area contributed by atoms with Gasteiger partial charge in [-0.05, 0) is 12.8 Å². The molecule has 2 atom stereocenters. The van der Waals surface area contributed by atoms with E-state index in [-0.39, 0.29) is 11.0 Å². The first kappa shape index (κ1) is 6.09. The van der Waals surface area contributed by atoms with Crippen molar-refractivity contribution in [3.63, 3.8) is 0 Å². The molecule has 2 rings (SSSR count). The summed E-state index contributed by atoms with van der Waals surface area (Å²) in [5.41, 5.74) is -0.932. The summed E-state index contributed by atoms with van der Waals surface area (Å²) in [4.78, 5) is 10.1. The summed E-state index contributed by atoms with van der Waals surface area (Å²) >= 11 is 0. The maximum absolute atomic E-state index is 10.4. The minimum atomic E-state index is -0.932. The normalized spacial score (nSPS) is 44.2. The lowest BCUT2D eigenvalue weighted by atomic mass is 9.96. The third kappa shape index (κ3) is 0.595. The largest absolute Gasteiger partial charge is 0.351 e. The van der Waals surface area contributed by atoms with Crippen LogP contribution in [0.25, 0.3) is 0 Å². The quantitative estimate of drug-likeness (QED) is 0.311. The van der Waals surface area contributed by atoms with E-state index in [4.69, 9.17) is 4.74 Å². The molecule has 0 spiro atoms. The van der Waals surface area contributed by atoms with Gasteiger partial charge in [-0.25, -0.2) is 0 Å². The molecule has 0 amide bonds. The molecule has 2 unspecified atom stereocenters. The maximum atomic E-state index is 10.4. The maximum Gasteiger partial charge on any atom is 0.351 e. The molecule has 56 valence electrons. The van der Waals surface area contributed by atoms with Crippen molar-refractivity contribution in [3.8, 4) is 0 Å². The van der Waals surface area contributed by atoms with E-state index >= 15 is 0 Å². The molecule has 1 heterocycles. The van der Waals surface area contributed by atoms with Gasteiger partial charge in [0.25, 0.3) is 0 Å². The molecule has 2 aliphatic rings. The Balaban J connectivity index is 2.12. The fourth-order valence-corrected chi connectivity index (χ4v) is 1.68. The average Bonchev–Trinajstić information content (AvgIpc) is 2.61. The van der Waals surface area contributed by atoms with E-state index in [9.17, 15) is 10.1 Å². The second kappa shape index (κ2) is 1.69.